The minimum absolute atomic E-state index is 0.275. The second-order valence-electron chi connectivity index (χ2n) is 7.06. The Morgan fingerprint density at radius 3 is 2.44 bits per heavy atom. The third-order valence-corrected chi connectivity index (χ3v) is 5.35. The lowest BCUT2D eigenvalue weighted by Crippen LogP contribution is -2.38. The summed E-state index contributed by atoms with van der Waals surface area (Å²) in [6, 6.07) is 28.3. The van der Waals surface area contributed by atoms with Crippen LogP contribution in [0.4, 0.5) is 5.69 Å². The van der Waals surface area contributed by atoms with E-state index < -0.39 is 0 Å². The van der Waals surface area contributed by atoms with E-state index in [1.807, 2.05) is 0 Å². The number of nitrogens with one attached hydrogen (secondary N) is 1. The van der Waals surface area contributed by atoms with Crippen molar-refractivity contribution in [1.29, 1.82) is 0 Å². The molecule has 1 unspecified atom stereocenters. The molecule has 122 valence electrons. The number of benzene rings is 3. The standard InChI is InChI=1S/C23H20N2/c1-16-12-13-20-17(14-16)15-22-23(2,18-8-4-3-5-9-18)24-19-10-6-7-11-21(19)25(20)22/h3-15,24H,1-2H3. The molecule has 2 nitrogen and oxygen atoms in total. The maximum Gasteiger partial charge on any atom is 0.101 e. The molecular weight excluding hydrogens is 304 g/mol. The molecule has 4 aromatic rings. The van der Waals surface area contributed by atoms with Crippen LogP contribution in [0.2, 0.25) is 0 Å². The van der Waals surface area contributed by atoms with Gasteiger partial charge in [0.25, 0.3) is 0 Å². The number of rotatable bonds is 1. The number of aryl methyl sites for hydroxylation is 1. The Labute approximate surface area is 147 Å². The number of hydrogen-bond donors (Lipinski definition) is 1. The molecule has 0 bridgehead atoms. The summed E-state index contributed by atoms with van der Waals surface area (Å²) in [6.45, 7) is 4.43. The van der Waals surface area contributed by atoms with Gasteiger partial charge in [-0.2, -0.15) is 0 Å². The van der Waals surface area contributed by atoms with E-state index in [0.717, 1.165) is 0 Å². The molecule has 1 aliphatic heterocycles. The second-order valence-corrected chi connectivity index (χ2v) is 7.06. The van der Waals surface area contributed by atoms with Gasteiger partial charge < -0.3 is 9.88 Å². The second kappa shape index (κ2) is 5.00. The number of para-hydroxylation sites is 2. The third kappa shape index (κ3) is 1.97. The van der Waals surface area contributed by atoms with Gasteiger partial charge >= 0.3 is 0 Å². The quantitative estimate of drug-likeness (QED) is 0.480. The number of hydrogen-bond acceptors (Lipinski definition) is 1. The Bertz CT molecular complexity index is 1090. The van der Waals surface area contributed by atoms with Crippen molar-refractivity contribution in [3.05, 3.63) is 95.7 Å². The van der Waals surface area contributed by atoms with Crippen LogP contribution in [0, 0.1) is 6.92 Å². The fourth-order valence-corrected chi connectivity index (χ4v) is 4.06. The van der Waals surface area contributed by atoms with Crippen molar-refractivity contribution in [2.75, 3.05) is 5.32 Å². The van der Waals surface area contributed by atoms with Gasteiger partial charge in [-0.3, -0.25) is 0 Å². The van der Waals surface area contributed by atoms with Crippen molar-refractivity contribution >= 4 is 16.6 Å². The van der Waals surface area contributed by atoms with E-state index in [9.17, 15) is 0 Å². The predicted octanol–water partition coefficient (Wildman–Crippen LogP) is 5.63. The zero-order valence-corrected chi connectivity index (χ0v) is 14.5. The van der Waals surface area contributed by atoms with Crippen LogP contribution in [0.1, 0.15) is 23.7 Å². The first kappa shape index (κ1) is 14.4. The summed E-state index contributed by atoms with van der Waals surface area (Å²) in [6.07, 6.45) is 0. The fourth-order valence-electron chi connectivity index (χ4n) is 4.06. The van der Waals surface area contributed by atoms with Crippen molar-refractivity contribution in [2.24, 2.45) is 0 Å². The van der Waals surface area contributed by atoms with Crippen LogP contribution >= 0.6 is 0 Å². The lowest BCUT2D eigenvalue weighted by molar-refractivity contribution is 0.608. The van der Waals surface area contributed by atoms with Gasteiger partial charge in [0.15, 0.2) is 0 Å². The van der Waals surface area contributed by atoms with E-state index in [-0.39, 0.29) is 5.54 Å². The number of aromatic nitrogens is 1. The van der Waals surface area contributed by atoms with Crippen molar-refractivity contribution in [2.45, 2.75) is 19.4 Å². The summed E-state index contributed by atoms with van der Waals surface area (Å²) >= 11 is 0. The first-order valence-corrected chi connectivity index (χ1v) is 8.72. The van der Waals surface area contributed by atoms with Crippen molar-refractivity contribution in [1.82, 2.24) is 4.57 Å². The smallest absolute Gasteiger partial charge is 0.101 e. The summed E-state index contributed by atoms with van der Waals surface area (Å²) in [5, 5.41) is 5.09. The molecule has 0 radical (unpaired) electrons. The molecule has 25 heavy (non-hydrogen) atoms. The van der Waals surface area contributed by atoms with E-state index >= 15 is 0 Å². The van der Waals surface area contributed by atoms with Gasteiger partial charge in [0, 0.05) is 5.39 Å². The molecule has 0 spiro atoms. The molecule has 0 saturated carbocycles. The molecule has 2 heterocycles. The highest BCUT2D eigenvalue weighted by Crippen LogP contribution is 2.44. The highest BCUT2D eigenvalue weighted by atomic mass is 15.1. The van der Waals surface area contributed by atoms with Gasteiger partial charge in [-0.05, 0) is 49.7 Å². The summed E-state index contributed by atoms with van der Waals surface area (Å²) in [5.41, 5.74) is 7.20. The maximum atomic E-state index is 3.80. The zero-order valence-electron chi connectivity index (χ0n) is 14.5. The Hall–Kier alpha value is -3.00. The molecule has 0 saturated heterocycles. The Balaban J connectivity index is 1.89. The van der Waals surface area contributed by atoms with Gasteiger partial charge in [-0.25, -0.2) is 0 Å². The molecule has 0 amide bonds. The van der Waals surface area contributed by atoms with Crippen molar-refractivity contribution in [3.63, 3.8) is 0 Å². The Morgan fingerprint density at radius 2 is 1.60 bits per heavy atom. The first-order valence-electron chi connectivity index (χ1n) is 8.72. The van der Waals surface area contributed by atoms with E-state index in [2.05, 4.69) is 103 Å². The molecule has 1 N–H and O–H groups in total. The van der Waals surface area contributed by atoms with E-state index in [0.29, 0.717) is 0 Å². The molecule has 1 aromatic heterocycles. The zero-order chi connectivity index (χ0) is 17.0. The molecule has 2 heteroatoms. The highest BCUT2D eigenvalue weighted by Gasteiger charge is 2.37. The summed E-state index contributed by atoms with van der Waals surface area (Å²) in [4.78, 5) is 0. The third-order valence-electron chi connectivity index (χ3n) is 5.35. The summed E-state index contributed by atoms with van der Waals surface area (Å²) in [5.74, 6) is 0. The van der Waals surface area contributed by atoms with E-state index in [1.165, 1.54) is 39.1 Å². The van der Waals surface area contributed by atoms with Gasteiger partial charge in [0.05, 0.1) is 22.6 Å². The van der Waals surface area contributed by atoms with Crippen molar-refractivity contribution in [3.8, 4) is 5.69 Å². The molecule has 0 aliphatic carbocycles. The lowest BCUT2D eigenvalue weighted by Gasteiger charge is -2.39. The monoisotopic (exact) mass is 324 g/mol. The average Bonchev–Trinajstić information content (AvgIpc) is 3.02. The summed E-state index contributed by atoms with van der Waals surface area (Å²) in [7, 11) is 0. The molecule has 0 fully saturated rings. The SMILES string of the molecule is Cc1ccc2c(c1)cc1n2-c2ccccc2NC1(C)c1ccccc1. The van der Waals surface area contributed by atoms with Crippen LogP contribution in [-0.2, 0) is 5.54 Å². The van der Waals surface area contributed by atoms with Crippen LogP contribution < -0.4 is 5.32 Å². The minimum Gasteiger partial charge on any atom is -0.369 e. The van der Waals surface area contributed by atoms with Crippen LogP contribution in [0.25, 0.3) is 16.6 Å². The maximum absolute atomic E-state index is 3.80. The molecule has 1 aliphatic rings. The minimum atomic E-state index is -0.275. The number of fused-ring (bicyclic) bond motifs is 5. The molecule has 3 aromatic carbocycles. The van der Waals surface area contributed by atoms with Crippen molar-refractivity contribution < 1.29 is 0 Å². The predicted molar refractivity (Wildman–Crippen MR) is 105 cm³/mol. The Kier molecular flexibility index (Phi) is 2.87. The molecule has 5 rings (SSSR count). The molecular formula is C23H20N2. The Morgan fingerprint density at radius 1 is 0.840 bits per heavy atom. The van der Waals surface area contributed by atoms with Gasteiger partial charge in [-0.15, -0.1) is 0 Å². The van der Waals surface area contributed by atoms with E-state index in [4.69, 9.17) is 0 Å². The highest BCUT2D eigenvalue weighted by molar-refractivity contribution is 5.88. The van der Waals surface area contributed by atoms with E-state index in [1.54, 1.807) is 0 Å². The van der Waals surface area contributed by atoms with Crippen LogP contribution in [0.15, 0.2) is 78.9 Å². The fraction of sp³-hybridized carbons (Fsp3) is 0.130. The van der Waals surface area contributed by atoms with Crippen LogP contribution in [-0.4, -0.2) is 4.57 Å². The lowest BCUT2D eigenvalue weighted by atomic mass is 9.86. The number of nitrogens with zero attached hydrogens (tertiary/aromatic N) is 1. The van der Waals surface area contributed by atoms with Crippen LogP contribution in [0.3, 0.4) is 0 Å². The summed E-state index contributed by atoms with van der Waals surface area (Å²) < 4.78 is 2.41. The molecule has 1 atom stereocenters. The van der Waals surface area contributed by atoms with Gasteiger partial charge in [0.1, 0.15) is 5.54 Å². The van der Waals surface area contributed by atoms with Crippen LogP contribution in [0.5, 0.6) is 0 Å². The topological polar surface area (TPSA) is 17.0 Å². The first-order chi connectivity index (χ1) is 12.2. The van der Waals surface area contributed by atoms with Gasteiger partial charge in [0.2, 0.25) is 0 Å². The normalized spacial score (nSPS) is 18.5. The largest absolute Gasteiger partial charge is 0.369 e. The average molecular weight is 324 g/mol. The van der Waals surface area contributed by atoms with Gasteiger partial charge in [-0.1, -0.05) is 54.1 Å². The number of anilines is 1.